The maximum absolute atomic E-state index is 7.78. The van der Waals surface area contributed by atoms with Crippen LogP contribution in [0.4, 0.5) is 34.1 Å². The van der Waals surface area contributed by atoms with E-state index in [0.29, 0.717) is 0 Å². The third-order valence-corrected chi connectivity index (χ3v) is 22.0. The van der Waals surface area contributed by atoms with Gasteiger partial charge < -0.3 is 32.8 Å². The number of benzene rings is 12. The van der Waals surface area contributed by atoms with Crippen LogP contribution in [-0.4, -0.2) is 8.07 Å². The Labute approximate surface area is 440 Å². The first-order chi connectivity index (χ1) is 38.0. The average Bonchev–Trinajstić information content (AvgIpc) is 3.02. The Morgan fingerprint density at radius 1 is 0.338 bits per heavy atom. The summed E-state index contributed by atoms with van der Waals surface area (Å²) >= 11 is 0. The molecule has 0 atom stereocenters. The van der Waals surface area contributed by atoms with Crippen LogP contribution in [-0.2, 0) is 0 Å². The molecule has 0 amide bonds. The predicted molar refractivity (Wildman–Crippen MR) is 312 cm³/mol. The van der Waals surface area contributed by atoms with E-state index in [0.717, 1.165) is 161 Å². The second kappa shape index (κ2) is 14.0. The van der Waals surface area contributed by atoms with Crippen LogP contribution in [0.15, 0.2) is 221 Å². The number of hydrogen-bond donors (Lipinski definition) is 0. The zero-order chi connectivity index (χ0) is 50.0. The molecule has 14 aromatic rings. The molecule has 0 bridgehead atoms. The molecule has 5 aliphatic heterocycles. The van der Waals surface area contributed by atoms with Crippen molar-refractivity contribution in [2.75, 3.05) is 9.80 Å². The molecule has 0 spiro atoms. The highest BCUT2D eigenvalue weighted by molar-refractivity contribution is 7.24. The van der Waals surface area contributed by atoms with Crippen molar-refractivity contribution in [1.29, 1.82) is 0 Å². The Morgan fingerprint density at radius 2 is 0.779 bits per heavy atom. The third-order valence-electron chi connectivity index (χ3n) is 17.1. The molecule has 2 aromatic heterocycles. The van der Waals surface area contributed by atoms with Crippen molar-refractivity contribution in [3.8, 4) is 56.8 Å². The lowest BCUT2D eigenvalue weighted by Crippen LogP contribution is -2.80. The summed E-state index contributed by atoms with van der Waals surface area (Å²) in [6.45, 7) is 2.23. The molecule has 0 fully saturated rings. The van der Waals surface area contributed by atoms with Crippen molar-refractivity contribution < 1.29 is 23.0 Å². The molecule has 8 heteroatoms. The van der Waals surface area contributed by atoms with E-state index >= 15 is 0 Å². The van der Waals surface area contributed by atoms with Crippen molar-refractivity contribution in [2.24, 2.45) is 0 Å². The quantitative estimate of drug-likeness (QED) is 0.163. The van der Waals surface area contributed by atoms with Gasteiger partial charge in [0.15, 0.2) is 31.1 Å². The van der Waals surface area contributed by atoms with E-state index < -0.39 is 8.07 Å². The highest BCUT2D eigenvalue weighted by Gasteiger charge is 2.62. The largest absolute Gasteiger partial charge is 0.457 e. The fraction of sp³-hybridized carbons (Fsp3) is 0.0145. The third kappa shape index (κ3) is 5.02. The van der Waals surface area contributed by atoms with Gasteiger partial charge in [0, 0.05) is 59.6 Å². The molecule has 19 rings (SSSR count). The van der Waals surface area contributed by atoms with Crippen molar-refractivity contribution in [2.45, 2.75) is 6.92 Å². The van der Waals surface area contributed by atoms with Gasteiger partial charge >= 0.3 is 0 Å². The highest BCUT2D eigenvalue weighted by atomic mass is 28.3. The van der Waals surface area contributed by atoms with Gasteiger partial charge in [0.25, 0.3) is 0 Å². The Balaban J connectivity index is 0.948. The first-order valence-corrected chi connectivity index (χ1v) is 28.2. The van der Waals surface area contributed by atoms with Gasteiger partial charge in [-0.2, -0.15) is 0 Å². The minimum absolute atomic E-state index is 0.791. The predicted octanol–water partition coefficient (Wildman–Crippen LogP) is 16.7. The van der Waals surface area contributed by atoms with Gasteiger partial charge in [-0.1, -0.05) is 115 Å². The summed E-state index contributed by atoms with van der Waals surface area (Å²) in [5.74, 6) is 4.81. The summed E-state index contributed by atoms with van der Waals surface area (Å²) in [6, 6.07) is 76.4. The standard InChI is InChI=1S/C69H38N2O5Si/c1-37-27-53-67-54(28-37)71-52-20-10-12-22-58(52)76-66-46(43-24-26-56-48(32-43)50-30-39-14-6-8-16-41(39)34-60(50)73-56)36-62-69(64(66)71)77(67,44-17-3-2-4-18-44)68-61(74-62)35-45(65-63(68)70(53)51-19-9-11-21-57(51)75-65)42-23-25-55-47(31-42)49-29-38-13-5-7-15-40(38)33-59(49)72-55/h2-36H,1H3. The Morgan fingerprint density at radius 3 is 1.29 bits per heavy atom. The summed E-state index contributed by atoms with van der Waals surface area (Å²) in [5, 5.41) is 13.7. The smallest absolute Gasteiger partial charge is 0.198 e. The number of rotatable bonds is 3. The van der Waals surface area contributed by atoms with Crippen molar-refractivity contribution in [3.63, 3.8) is 0 Å². The summed E-state index contributed by atoms with van der Waals surface area (Å²) in [5.41, 5.74) is 14.7. The van der Waals surface area contributed by atoms with Crippen LogP contribution in [0.2, 0.25) is 0 Å². The van der Waals surface area contributed by atoms with Gasteiger partial charge in [0.2, 0.25) is 0 Å². The summed E-state index contributed by atoms with van der Waals surface area (Å²) < 4.78 is 35.8. The monoisotopic (exact) mass is 1000 g/mol. The normalized spacial score (nSPS) is 14.4. The van der Waals surface area contributed by atoms with Crippen molar-refractivity contribution in [1.82, 2.24) is 0 Å². The van der Waals surface area contributed by atoms with E-state index in [1.165, 1.54) is 21.1 Å². The number of nitrogens with zero attached hydrogens (tertiary/aromatic N) is 2. The maximum atomic E-state index is 7.78. The Kier molecular flexibility index (Phi) is 7.35. The van der Waals surface area contributed by atoms with Gasteiger partial charge in [0.05, 0.1) is 22.7 Å². The second-order valence-corrected chi connectivity index (χ2v) is 24.8. The zero-order valence-electron chi connectivity index (χ0n) is 41.1. The van der Waals surface area contributed by atoms with Crippen LogP contribution in [0.5, 0.6) is 34.5 Å². The molecule has 0 saturated heterocycles. The Hall–Kier alpha value is -10.0. The number of para-hydroxylation sites is 4. The van der Waals surface area contributed by atoms with Gasteiger partial charge in [-0.3, -0.25) is 0 Å². The molecule has 7 heterocycles. The van der Waals surface area contributed by atoms with Crippen LogP contribution >= 0.6 is 0 Å². The maximum Gasteiger partial charge on any atom is 0.198 e. The number of ether oxygens (including phenoxy) is 3. The van der Waals surface area contributed by atoms with E-state index in [-0.39, 0.29) is 0 Å². The van der Waals surface area contributed by atoms with Crippen LogP contribution < -0.4 is 44.8 Å². The van der Waals surface area contributed by atoms with Gasteiger partial charge in [-0.05, 0) is 147 Å². The van der Waals surface area contributed by atoms with Crippen molar-refractivity contribution in [3.05, 3.63) is 218 Å². The first-order valence-electron chi connectivity index (χ1n) is 26.2. The molecule has 358 valence electrons. The minimum Gasteiger partial charge on any atom is -0.457 e. The number of anilines is 6. The topological polar surface area (TPSA) is 60.5 Å². The minimum atomic E-state index is -3.44. The fourth-order valence-electron chi connectivity index (χ4n) is 14.0. The van der Waals surface area contributed by atoms with Gasteiger partial charge in [-0.25, -0.2) is 0 Å². The Bertz CT molecular complexity index is 4780. The number of hydrogen-bond acceptors (Lipinski definition) is 7. The number of aryl methyl sites for hydroxylation is 1. The van der Waals surface area contributed by atoms with E-state index in [2.05, 4.69) is 229 Å². The summed E-state index contributed by atoms with van der Waals surface area (Å²) in [4.78, 5) is 4.98. The molecule has 0 saturated carbocycles. The highest BCUT2D eigenvalue weighted by Crippen LogP contribution is 2.63. The molecule has 12 aromatic carbocycles. The van der Waals surface area contributed by atoms with Gasteiger partial charge in [0.1, 0.15) is 33.8 Å². The summed E-state index contributed by atoms with van der Waals surface area (Å²) in [7, 11) is -3.44. The zero-order valence-corrected chi connectivity index (χ0v) is 42.1. The van der Waals surface area contributed by atoms with Crippen LogP contribution in [0.1, 0.15) is 5.56 Å². The number of fused-ring (bicyclic) bond motifs is 14. The number of furan rings is 2. The van der Waals surface area contributed by atoms with Gasteiger partial charge in [-0.15, -0.1) is 0 Å². The molecule has 0 aliphatic carbocycles. The molecule has 5 aliphatic rings. The van der Waals surface area contributed by atoms with E-state index in [1.54, 1.807) is 0 Å². The second-order valence-electron chi connectivity index (χ2n) is 21.2. The molecule has 0 unspecified atom stereocenters. The lowest BCUT2D eigenvalue weighted by atomic mass is 9.96. The molecular formula is C69H38N2O5Si. The van der Waals surface area contributed by atoms with E-state index in [9.17, 15) is 0 Å². The lowest BCUT2D eigenvalue weighted by Gasteiger charge is -2.55. The molecule has 0 N–H and O–H groups in total. The SMILES string of the molecule is Cc1cc2c3c(c1)N1c4ccccc4Oc4c(-c5ccc6oc7cc8ccccc8cc7c6c5)cc5c(c41)[Si]3(c1ccccc1)c1c(cc(-c3ccc4oc6cc7ccccc7cc6c4c3)c3c1N2c1ccccc1O3)O5. The van der Waals surface area contributed by atoms with E-state index in [1.807, 2.05) is 0 Å². The lowest BCUT2D eigenvalue weighted by molar-refractivity contribution is 0.464. The summed E-state index contributed by atoms with van der Waals surface area (Å²) in [6.07, 6.45) is 0. The van der Waals surface area contributed by atoms with Crippen LogP contribution in [0.3, 0.4) is 0 Å². The molecule has 0 radical (unpaired) electrons. The van der Waals surface area contributed by atoms with Crippen molar-refractivity contribution >= 4 is 128 Å². The first kappa shape index (κ1) is 40.4. The molecule has 77 heavy (non-hydrogen) atoms. The van der Waals surface area contributed by atoms with Crippen LogP contribution in [0.25, 0.3) is 87.7 Å². The molecule has 7 nitrogen and oxygen atoms in total. The van der Waals surface area contributed by atoms with Crippen LogP contribution in [0, 0.1) is 6.92 Å². The average molecular weight is 1000 g/mol. The van der Waals surface area contributed by atoms with E-state index in [4.69, 9.17) is 23.0 Å². The molecular weight excluding hydrogens is 965 g/mol. The fourth-order valence-corrected chi connectivity index (χ4v) is 19.6.